The second kappa shape index (κ2) is 6.61. The highest BCUT2D eigenvalue weighted by atomic mass is 35.5. The molecule has 0 bridgehead atoms. The second-order valence-corrected chi connectivity index (χ2v) is 3.55. The minimum absolute atomic E-state index is 0. The minimum atomic E-state index is 0. The highest BCUT2D eigenvalue weighted by Crippen LogP contribution is 2.14. The van der Waals surface area contributed by atoms with Crippen LogP contribution in [0.4, 0.5) is 0 Å². The Balaban J connectivity index is 0.00000162. The molecule has 0 saturated carbocycles. The van der Waals surface area contributed by atoms with Crippen LogP contribution in [0, 0.1) is 5.41 Å². The van der Waals surface area contributed by atoms with Gasteiger partial charge in [-0.2, -0.15) is 0 Å². The molecule has 2 aromatic rings. The van der Waals surface area contributed by atoms with Gasteiger partial charge in [0.1, 0.15) is 18.2 Å². The van der Waals surface area contributed by atoms with E-state index in [4.69, 9.17) is 15.9 Å². The number of nitrogen functional groups attached to an aromatic ring is 1. The molecule has 0 atom stereocenters. The summed E-state index contributed by atoms with van der Waals surface area (Å²) < 4.78 is 5.57. The maximum Gasteiger partial charge on any atom is 0.130 e. The summed E-state index contributed by atoms with van der Waals surface area (Å²) in [6.45, 7) is 0.405. The first-order valence-corrected chi connectivity index (χ1v) is 5.23. The number of amidine groups is 1. The molecule has 5 heteroatoms. The average Bonchev–Trinajstić information content (AvgIpc) is 2.38. The van der Waals surface area contributed by atoms with E-state index in [0.29, 0.717) is 17.9 Å². The summed E-state index contributed by atoms with van der Waals surface area (Å²) in [5.74, 6) is 0.719. The summed E-state index contributed by atoms with van der Waals surface area (Å²) >= 11 is 0. The molecule has 0 aliphatic rings. The molecule has 0 saturated heterocycles. The number of halogens is 1. The molecule has 1 heterocycles. The summed E-state index contributed by atoms with van der Waals surface area (Å²) in [6, 6.07) is 12.8. The smallest absolute Gasteiger partial charge is 0.130 e. The van der Waals surface area contributed by atoms with Crippen molar-refractivity contribution in [2.45, 2.75) is 6.61 Å². The lowest BCUT2D eigenvalue weighted by atomic mass is 10.2. The molecule has 0 aliphatic heterocycles. The van der Waals surface area contributed by atoms with Gasteiger partial charge in [-0.3, -0.25) is 10.4 Å². The highest BCUT2D eigenvalue weighted by Gasteiger charge is 2.00. The Bertz CT molecular complexity index is 517. The quantitative estimate of drug-likeness (QED) is 0.657. The van der Waals surface area contributed by atoms with Gasteiger partial charge in [0.15, 0.2) is 0 Å². The van der Waals surface area contributed by atoms with Crippen molar-refractivity contribution < 1.29 is 4.74 Å². The number of hydrogen-bond acceptors (Lipinski definition) is 3. The van der Waals surface area contributed by atoms with Crippen LogP contribution in [0.2, 0.25) is 0 Å². The maximum absolute atomic E-state index is 7.34. The summed E-state index contributed by atoms with van der Waals surface area (Å²) in [4.78, 5) is 4.16. The summed E-state index contributed by atoms with van der Waals surface area (Å²) in [5, 5.41) is 7.34. The first-order valence-electron chi connectivity index (χ1n) is 5.23. The molecule has 3 N–H and O–H groups in total. The van der Waals surface area contributed by atoms with Crippen molar-refractivity contribution in [3.05, 3.63) is 59.9 Å². The molecule has 1 aromatic carbocycles. The molecule has 0 fully saturated rings. The Labute approximate surface area is 112 Å². The van der Waals surface area contributed by atoms with Crippen LogP contribution in [0.15, 0.2) is 48.7 Å². The van der Waals surface area contributed by atoms with E-state index in [-0.39, 0.29) is 18.2 Å². The number of nitrogens with two attached hydrogens (primary N) is 1. The SMILES string of the molecule is Cl.N=C(N)c1cccc(OCc2ccccn2)c1. The lowest BCUT2D eigenvalue weighted by Gasteiger charge is -2.06. The Morgan fingerprint density at radius 1 is 1.22 bits per heavy atom. The van der Waals surface area contributed by atoms with Crippen molar-refractivity contribution in [3.63, 3.8) is 0 Å². The number of hydrogen-bond donors (Lipinski definition) is 2. The topological polar surface area (TPSA) is 72.0 Å². The van der Waals surface area contributed by atoms with Gasteiger partial charge in [0, 0.05) is 11.8 Å². The largest absolute Gasteiger partial charge is 0.487 e. The summed E-state index contributed by atoms with van der Waals surface area (Å²) in [7, 11) is 0. The predicted octanol–water partition coefficient (Wildman–Crippen LogP) is 2.37. The van der Waals surface area contributed by atoms with E-state index in [9.17, 15) is 0 Å². The molecule has 0 amide bonds. The molecule has 2 rings (SSSR count). The Morgan fingerprint density at radius 3 is 2.72 bits per heavy atom. The fourth-order valence-corrected chi connectivity index (χ4v) is 1.39. The standard InChI is InChI=1S/C13H13N3O.ClH/c14-13(15)10-4-3-6-12(8-10)17-9-11-5-1-2-7-16-11;/h1-8H,9H2,(H3,14,15);1H. The fourth-order valence-electron chi connectivity index (χ4n) is 1.39. The van der Waals surface area contributed by atoms with Crippen LogP contribution in [0.25, 0.3) is 0 Å². The van der Waals surface area contributed by atoms with Gasteiger partial charge in [0.2, 0.25) is 0 Å². The first kappa shape index (κ1) is 14.0. The second-order valence-electron chi connectivity index (χ2n) is 3.55. The third kappa shape index (κ3) is 3.75. The van der Waals surface area contributed by atoms with Crippen LogP contribution >= 0.6 is 12.4 Å². The zero-order valence-electron chi connectivity index (χ0n) is 9.67. The van der Waals surface area contributed by atoms with Crippen LogP contribution in [0.3, 0.4) is 0 Å². The lowest BCUT2D eigenvalue weighted by Crippen LogP contribution is -2.10. The van der Waals surface area contributed by atoms with Crippen LogP contribution in [-0.4, -0.2) is 10.8 Å². The van der Waals surface area contributed by atoms with Crippen LogP contribution in [-0.2, 0) is 6.61 Å². The van der Waals surface area contributed by atoms with Gasteiger partial charge in [-0.05, 0) is 24.3 Å². The molecule has 0 radical (unpaired) electrons. The predicted molar refractivity (Wildman–Crippen MR) is 73.3 cm³/mol. The molecule has 0 aliphatic carbocycles. The summed E-state index contributed by atoms with van der Waals surface area (Å²) in [6.07, 6.45) is 1.73. The van der Waals surface area contributed by atoms with Crippen molar-refractivity contribution in [1.82, 2.24) is 4.98 Å². The highest BCUT2D eigenvalue weighted by molar-refractivity contribution is 5.95. The number of nitrogens with one attached hydrogen (secondary N) is 1. The molecule has 0 spiro atoms. The van der Waals surface area contributed by atoms with Crippen molar-refractivity contribution in [2.24, 2.45) is 5.73 Å². The van der Waals surface area contributed by atoms with Gasteiger partial charge in [-0.1, -0.05) is 18.2 Å². The van der Waals surface area contributed by atoms with E-state index in [1.807, 2.05) is 30.3 Å². The van der Waals surface area contributed by atoms with Gasteiger partial charge in [-0.25, -0.2) is 0 Å². The Morgan fingerprint density at radius 2 is 2.06 bits per heavy atom. The molecule has 18 heavy (non-hydrogen) atoms. The number of benzene rings is 1. The number of aromatic nitrogens is 1. The molecular weight excluding hydrogens is 250 g/mol. The van der Waals surface area contributed by atoms with Gasteiger partial charge >= 0.3 is 0 Å². The van der Waals surface area contributed by atoms with Crippen molar-refractivity contribution in [3.8, 4) is 5.75 Å². The van der Waals surface area contributed by atoms with Crippen LogP contribution in [0.1, 0.15) is 11.3 Å². The van der Waals surface area contributed by atoms with E-state index in [1.165, 1.54) is 0 Å². The van der Waals surface area contributed by atoms with Crippen molar-refractivity contribution >= 4 is 18.2 Å². The van der Waals surface area contributed by atoms with Crippen molar-refractivity contribution in [2.75, 3.05) is 0 Å². The lowest BCUT2D eigenvalue weighted by molar-refractivity contribution is 0.301. The van der Waals surface area contributed by atoms with Gasteiger partial charge in [0.05, 0.1) is 5.69 Å². The van der Waals surface area contributed by atoms with Gasteiger partial charge in [-0.15, -0.1) is 12.4 Å². The Kier molecular flexibility index (Phi) is 5.14. The summed E-state index contributed by atoms with van der Waals surface area (Å²) in [5.41, 5.74) is 6.92. The van der Waals surface area contributed by atoms with Crippen LogP contribution < -0.4 is 10.5 Å². The van der Waals surface area contributed by atoms with E-state index >= 15 is 0 Å². The average molecular weight is 264 g/mol. The van der Waals surface area contributed by atoms with Gasteiger partial charge in [0.25, 0.3) is 0 Å². The van der Waals surface area contributed by atoms with E-state index in [2.05, 4.69) is 4.98 Å². The van der Waals surface area contributed by atoms with Crippen LogP contribution in [0.5, 0.6) is 5.75 Å². The first-order chi connectivity index (χ1) is 8.25. The number of rotatable bonds is 4. The molecule has 0 unspecified atom stereocenters. The third-order valence-corrected chi connectivity index (χ3v) is 2.26. The zero-order chi connectivity index (χ0) is 12.1. The minimum Gasteiger partial charge on any atom is -0.487 e. The van der Waals surface area contributed by atoms with E-state index < -0.39 is 0 Å². The number of ether oxygens (including phenoxy) is 1. The van der Waals surface area contributed by atoms with E-state index in [1.54, 1.807) is 18.3 Å². The van der Waals surface area contributed by atoms with Crippen molar-refractivity contribution in [1.29, 1.82) is 5.41 Å². The number of pyridine rings is 1. The number of nitrogens with zero attached hydrogens (tertiary/aromatic N) is 1. The monoisotopic (exact) mass is 263 g/mol. The normalized spacial score (nSPS) is 9.33. The van der Waals surface area contributed by atoms with E-state index in [0.717, 1.165) is 5.69 Å². The fraction of sp³-hybridized carbons (Fsp3) is 0.0769. The third-order valence-electron chi connectivity index (χ3n) is 2.26. The molecule has 94 valence electrons. The molecular formula is C13H14ClN3O. The molecule has 1 aromatic heterocycles. The van der Waals surface area contributed by atoms with Gasteiger partial charge < -0.3 is 10.5 Å². The maximum atomic E-state index is 7.34. The molecule has 4 nitrogen and oxygen atoms in total. The zero-order valence-corrected chi connectivity index (χ0v) is 10.5. The Hall–Kier alpha value is -2.07.